The number of hydrogen-bond acceptors (Lipinski definition) is 6. The van der Waals surface area contributed by atoms with Crippen LogP contribution in [0.15, 0.2) is 52.1 Å². The Morgan fingerprint density at radius 1 is 0.886 bits per heavy atom. The first kappa shape index (κ1) is 22.8. The Morgan fingerprint density at radius 3 is 2.23 bits per heavy atom. The highest BCUT2D eigenvalue weighted by Gasteiger charge is 2.34. The van der Waals surface area contributed by atoms with Crippen molar-refractivity contribution < 1.29 is 18.9 Å². The van der Waals surface area contributed by atoms with E-state index in [1.165, 1.54) is 11.6 Å². The molecule has 0 radical (unpaired) electrons. The zero-order valence-corrected chi connectivity index (χ0v) is 20.3. The van der Waals surface area contributed by atoms with E-state index in [-0.39, 0.29) is 5.56 Å². The van der Waals surface area contributed by atoms with Crippen LogP contribution in [0.2, 0.25) is 0 Å². The van der Waals surface area contributed by atoms with Crippen molar-refractivity contribution in [2.45, 2.75) is 12.6 Å². The highest BCUT2D eigenvalue weighted by atomic mass is 16.5. The van der Waals surface area contributed by atoms with Crippen molar-refractivity contribution in [1.82, 2.24) is 13.7 Å². The van der Waals surface area contributed by atoms with Gasteiger partial charge in [-0.25, -0.2) is 4.79 Å². The van der Waals surface area contributed by atoms with E-state index in [1.54, 1.807) is 34.4 Å². The third-order valence-corrected chi connectivity index (χ3v) is 6.64. The summed E-state index contributed by atoms with van der Waals surface area (Å²) in [6.07, 6.45) is -0.559. The third-order valence-electron chi connectivity index (χ3n) is 6.64. The van der Waals surface area contributed by atoms with Crippen molar-refractivity contribution in [3.63, 3.8) is 0 Å². The summed E-state index contributed by atoms with van der Waals surface area (Å²) in [6, 6.07) is 13.1. The summed E-state index contributed by atoms with van der Waals surface area (Å²) in [5.41, 5.74) is 2.90. The Bertz CT molecular complexity index is 1550. The van der Waals surface area contributed by atoms with Crippen LogP contribution in [0.25, 0.3) is 22.2 Å². The standard InChI is InChI=1S/C26H27N3O6/c1-27-22-20(25(30)28(2)26(27)31)21(15-6-8-16(32-3)9-7-15)29-12-13-35-24(23(22)29)18-11-10-17(33-4)14-19(18)34-5/h6-11,14,24H,12-13H2,1-5H3/t24-/m0/s1. The summed E-state index contributed by atoms with van der Waals surface area (Å²) in [6.45, 7) is 0.947. The van der Waals surface area contributed by atoms with E-state index in [9.17, 15) is 9.59 Å². The van der Waals surface area contributed by atoms with Crippen LogP contribution >= 0.6 is 0 Å². The van der Waals surface area contributed by atoms with Crippen LogP contribution in [0.3, 0.4) is 0 Å². The highest BCUT2D eigenvalue weighted by Crippen LogP contribution is 2.43. The third kappa shape index (κ3) is 3.42. The molecule has 1 atom stereocenters. The lowest BCUT2D eigenvalue weighted by molar-refractivity contribution is 0.0463. The molecule has 0 aliphatic carbocycles. The topological polar surface area (TPSA) is 85.9 Å². The monoisotopic (exact) mass is 477 g/mol. The molecule has 2 aromatic heterocycles. The van der Waals surface area contributed by atoms with Gasteiger partial charge in [0.25, 0.3) is 5.56 Å². The SMILES string of the molecule is COc1ccc(-c2c3c(=O)n(C)c(=O)n(C)c3c3n2CCO[C@H]3c2ccc(OC)cc2OC)cc1. The van der Waals surface area contributed by atoms with Gasteiger partial charge < -0.3 is 23.5 Å². The first-order valence-corrected chi connectivity index (χ1v) is 11.2. The number of fused-ring (bicyclic) bond motifs is 3. The Morgan fingerprint density at radius 2 is 1.57 bits per heavy atom. The molecule has 0 spiro atoms. The first-order valence-electron chi connectivity index (χ1n) is 11.2. The van der Waals surface area contributed by atoms with E-state index in [0.29, 0.717) is 41.3 Å². The fourth-order valence-corrected chi connectivity index (χ4v) is 4.90. The minimum Gasteiger partial charge on any atom is -0.497 e. The molecule has 0 unspecified atom stereocenters. The number of nitrogens with zero attached hydrogens (tertiary/aromatic N) is 3. The molecular weight excluding hydrogens is 450 g/mol. The van der Waals surface area contributed by atoms with E-state index in [4.69, 9.17) is 18.9 Å². The van der Waals surface area contributed by atoms with Crippen molar-refractivity contribution in [3.05, 3.63) is 74.6 Å². The van der Waals surface area contributed by atoms with Crippen molar-refractivity contribution in [1.29, 1.82) is 0 Å². The molecule has 0 amide bonds. The van der Waals surface area contributed by atoms with Gasteiger partial charge in [-0.15, -0.1) is 0 Å². The second-order valence-corrected chi connectivity index (χ2v) is 8.40. The molecule has 5 rings (SSSR count). The van der Waals surface area contributed by atoms with Crippen molar-refractivity contribution in [2.24, 2.45) is 14.1 Å². The maximum Gasteiger partial charge on any atom is 0.331 e. The number of rotatable bonds is 5. The van der Waals surface area contributed by atoms with Crippen LogP contribution in [0.5, 0.6) is 17.2 Å². The number of ether oxygens (including phenoxy) is 4. The van der Waals surface area contributed by atoms with Gasteiger partial charge in [-0.05, 0) is 42.0 Å². The van der Waals surface area contributed by atoms with Gasteiger partial charge in [-0.1, -0.05) is 0 Å². The van der Waals surface area contributed by atoms with Gasteiger partial charge >= 0.3 is 5.69 Å². The predicted octanol–water partition coefficient (Wildman–Crippen LogP) is 2.85. The molecule has 9 heteroatoms. The van der Waals surface area contributed by atoms with Gasteiger partial charge in [-0.3, -0.25) is 13.9 Å². The van der Waals surface area contributed by atoms with E-state index >= 15 is 0 Å². The minimum atomic E-state index is -0.559. The predicted molar refractivity (Wildman–Crippen MR) is 132 cm³/mol. The van der Waals surface area contributed by atoms with E-state index in [2.05, 4.69) is 4.57 Å². The summed E-state index contributed by atoms with van der Waals surface area (Å²) in [4.78, 5) is 26.5. The van der Waals surface area contributed by atoms with Gasteiger partial charge in [0.1, 0.15) is 23.4 Å². The van der Waals surface area contributed by atoms with Crippen LogP contribution < -0.4 is 25.5 Å². The molecule has 1 aliphatic rings. The van der Waals surface area contributed by atoms with E-state index in [0.717, 1.165) is 27.1 Å². The van der Waals surface area contributed by atoms with Crippen LogP contribution in [0, 0.1) is 0 Å². The quantitative estimate of drug-likeness (QED) is 0.440. The molecular formula is C26H27N3O6. The zero-order chi connectivity index (χ0) is 24.9. The summed E-state index contributed by atoms with van der Waals surface area (Å²) in [5, 5.41) is 0.470. The van der Waals surface area contributed by atoms with Crippen molar-refractivity contribution >= 4 is 10.9 Å². The maximum atomic E-state index is 13.5. The van der Waals surface area contributed by atoms with Crippen molar-refractivity contribution in [2.75, 3.05) is 27.9 Å². The Labute approximate surface area is 201 Å². The minimum absolute atomic E-state index is 0.351. The number of aromatic nitrogens is 3. The fourth-order valence-electron chi connectivity index (χ4n) is 4.90. The number of methoxy groups -OCH3 is 3. The molecule has 1 aliphatic heterocycles. The number of benzene rings is 2. The summed E-state index contributed by atoms with van der Waals surface area (Å²) < 4.78 is 27.4. The van der Waals surface area contributed by atoms with Gasteiger partial charge in [0.2, 0.25) is 0 Å². The van der Waals surface area contributed by atoms with Gasteiger partial charge in [0.05, 0.1) is 50.2 Å². The molecule has 4 aromatic rings. The van der Waals surface area contributed by atoms with Crippen LogP contribution in [0.1, 0.15) is 17.4 Å². The Balaban J connectivity index is 1.88. The largest absolute Gasteiger partial charge is 0.497 e. The molecule has 2 aromatic carbocycles. The molecule has 3 heterocycles. The second kappa shape index (κ2) is 8.66. The molecule has 0 N–H and O–H groups in total. The smallest absolute Gasteiger partial charge is 0.331 e. The molecule has 0 saturated heterocycles. The Hall–Kier alpha value is -3.98. The lowest BCUT2D eigenvalue weighted by Crippen LogP contribution is -2.37. The summed E-state index contributed by atoms with van der Waals surface area (Å²) in [7, 11) is 7.97. The maximum absolute atomic E-state index is 13.5. The highest BCUT2D eigenvalue weighted by molar-refractivity contribution is 5.96. The zero-order valence-electron chi connectivity index (χ0n) is 20.3. The molecule has 0 saturated carbocycles. The summed E-state index contributed by atoms with van der Waals surface area (Å²) >= 11 is 0. The van der Waals surface area contributed by atoms with Crippen LogP contribution in [-0.2, 0) is 25.4 Å². The van der Waals surface area contributed by atoms with E-state index < -0.39 is 11.8 Å². The fraction of sp³-hybridized carbons (Fsp3) is 0.308. The van der Waals surface area contributed by atoms with Crippen LogP contribution in [-0.4, -0.2) is 41.6 Å². The lowest BCUT2D eigenvalue weighted by atomic mass is 10.0. The molecule has 0 fully saturated rings. The average Bonchev–Trinajstić information content (AvgIpc) is 3.26. The molecule has 0 bridgehead atoms. The molecule has 9 nitrogen and oxygen atoms in total. The summed E-state index contributed by atoms with van der Waals surface area (Å²) in [5.74, 6) is 1.96. The molecule has 182 valence electrons. The molecule has 35 heavy (non-hydrogen) atoms. The van der Waals surface area contributed by atoms with Gasteiger partial charge in [0.15, 0.2) is 0 Å². The van der Waals surface area contributed by atoms with Gasteiger partial charge in [0, 0.05) is 32.3 Å². The normalized spacial score (nSPS) is 15.2. The van der Waals surface area contributed by atoms with Gasteiger partial charge in [-0.2, -0.15) is 0 Å². The first-order chi connectivity index (χ1) is 16.9. The van der Waals surface area contributed by atoms with Crippen molar-refractivity contribution in [3.8, 4) is 28.5 Å². The Kier molecular flexibility index (Phi) is 5.64. The second-order valence-electron chi connectivity index (χ2n) is 8.40. The van der Waals surface area contributed by atoms with Crippen LogP contribution in [0.4, 0.5) is 0 Å². The average molecular weight is 478 g/mol. The number of hydrogen-bond donors (Lipinski definition) is 0. The van der Waals surface area contributed by atoms with E-state index in [1.807, 2.05) is 36.4 Å². The number of aryl methyl sites for hydroxylation is 1. The lowest BCUT2D eigenvalue weighted by Gasteiger charge is -2.28.